The molecule has 0 spiro atoms. The van der Waals surface area contributed by atoms with Crippen molar-refractivity contribution in [2.45, 2.75) is 72.3 Å². The first-order chi connectivity index (χ1) is 10.9. The molecule has 1 N–H and O–H groups in total. The van der Waals surface area contributed by atoms with Crippen LogP contribution in [0.1, 0.15) is 66.2 Å². The van der Waals surface area contributed by atoms with Crippen molar-refractivity contribution in [1.82, 2.24) is 0 Å². The average molecular weight is 319 g/mol. The number of hydrogen-bond donors (Lipinski definition) is 1. The summed E-state index contributed by atoms with van der Waals surface area (Å²) in [6.07, 6.45) is 6.75. The van der Waals surface area contributed by atoms with Crippen molar-refractivity contribution >= 4 is 0 Å². The van der Waals surface area contributed by atoms with Crippen molar-refractivity contribution in [3.63, 3.8) is 0 Å². The third-order valence-electron chi connectivity index (χ3n) is 6.97. The molecule has 3 rings (SSSR count). The number of ether oxygens (including phenoxy) is 1. The van der Waals surface area contributed by atoms with Crippen molar-refractivity contribution in [1.29, 1.82) is 0 Å². The van der Waals surface area contributed by atoms with Crippen LogP contribution in [0.5, 0.6) is 0 Å². The van der Waals surface area contributed by atoms with Crippen LogP contribution in [0.2, 0.25) is 0 Å². The number of rotatable bonds is 3. The zero-order chi connectivity index (χ0) is 16.8. The molecule has 0 bridgehead atoms. The molecule has 3 aliphatic rings. The summed E-state index contributed by atoms with van der Waals surface area (Å²) in [6, 6.07) is 0. The normalized spacial score (nSPS) is 38.0. The Labute approximate surface area is 142 Å². The fourth-order valence-corrected chi connectivity index (χ4v) is 5.50. The van der Waals surface area contributed by atoms with Gasteiger partial charge in [-0.1, -0.05) is 44.4 Å². The summed E-state index contributed by atoms with van der Waals surface area (Å²) in [6.45, 7) is 10.1. The summed E-state index contributed by atoms with van der Waals surface area (Å²) in [5.74, 6) is 1.54. The predicted molar refractivity (Wildman–Crippen MR) is 95.2 cm³/mol. The highest BCUT2D eigenvalue weighted by Crippen LogP contribution is 2.56. The molecule has 0 heterocycles. The highest BCUT2D eigenvalue weighted by atomic mass is 16.5. The maximum atomic E-state index is 10.9. The number of aliphatic hydroxyl groups is 1. The molecule has 0 aromatic carbocycles. The molecule has 1 fully saturated rings. The van der Waals surface area contributed by atoms with Gasteiger partial charge in [0, 0.05) is 7.11 Å². The minimum atomic E-state index is -0.196. The number of fused-ring (bicyclic) bond motifs is 2. The van der Waals surface area contributed by atoms with Crippen LogP contribution in [0.4, 0.5) is 0 Å². The molecule has 0 amide bonds. The van der Waals surface area contributed by atoms with Crippen LogP contribution in [0, 0.1) is 23.2 Å². The van der Waals surface area contributed by atoms with Gasteiger partial charge in [-0.2, -0.15) is 0 Å². The molecule has 3 unspecified atom stereocenters. The Balaban J connectivity index is 2.04. The molecule has 3 aliphatic carbocycles. The number of aliphatic hydroxyl groups excluding tert-OH is 1. The third kappa shape index (κ3) is 2.93. The Morgan fingerprint density at radius 1 is 1.30 bits per heavy atom. The van der Waals surface area contributed by atoms with Crippen LogP contribution >= 0.6 is 0 Å². The van der Waals surface area contributed by atoms with Crippen LogP contribution in [0.3, 0.4) is 0 Å². The lowest BCUT2D eigenvalue weighted by molar-refractivity contribution is 0.0774. The van der Waals surface area contributed by atoms with Crippen LogP contribution in [0.15, 0.2) is 22.3 Å². The first-order valence-corrected chi connectivity index (χ1v) is 9.47. The minimum Gasteiger partial charge on any atom is -0.392 e. The molecule has 0 aromatic rings. The topological polar surface area (TPSA) is 29.5 Å². The molecule has 2 heteroatoms. The highest BCUT2D eigenvalue weighted by Gasteiger charge is 2.45. The van der Waals surface area contributed by atoms with E-state index in [0.29, 0.717) is 17.8 Å². The first kappa shape index (κ1) is 17.2. The maximum absolute atomic E-state index is 10.9. The quantitative estimate of drug-likeness (QED) is 0.751. The van der Waals surface area contributed by atoms with Crippen LogP contribution < -0.4 is 0 Å². The fraction of sp³-hybridized carbons (Fsp3) is 0.810. The molecule has 4 atom stereocenters. The summed E-state index contributed by atoms with van der Waals surface area (Å²) in [5, 5.41) is 10.9. The van der Waals surface area contributed by atoms with Gasteiger partial charge in [-0.25, -0.2) is 0 Å². The molecule has 2 nitrogen and oxygen atoms in total. The van der Waals surface area contributed by atoms with Gasteiger partial charge in [-0.15, -0.1) is 0 Å². The second kappa shape index (κ2) is 6.37. The number of methoxy groups -OCH3 is 1. The van der Waals surface area contributed by atoms with Crippen molar-refractivity contribution in [3.05, 3.63) is 22.3 Å². The predicted octanol–water partition coefficient (Wildman–Crippen LogP) is 4.88. The van der Waals surface area contributed by atoms with Crippen LogP contribution in [-0.4, -0.2) is 24.9 Å². The van der Waals surface area contributed by atoms with Crippen molar-refractivity contribution in [2.24, 2.45) is 23.2 Å². The molecular formula is C21H34O2. The van der Waals surface area contributed by atoms with Crippen molar-refractivity contribution < 1.29 is 9.84 Å². The van der Waals surface area contributed by atoms with Gasteiger partial charge < -0.3 is 9.84 Å². The summed E-state index contributed by atoms with van der Waals surface area (Å²) in [4.78, 5) is 0. The van der Waals surface area contributed by atoms with Gasteiger partial charge in [0.2, 0.25) is 0 Å². The summed E-state index contributed by atoms with van der Waals surface area (Å²) >= 11 is 0. The van der Waals surface area contributed by atoms with E-state index < -0.39 is 0 Å². The van der Waals surface area contributed by atoms with E-state index in [1.807, 2.05) is 7.11 Å². The standard InChI is InChI=1S/C21H34O2/c1-13(2)16-8-9-21(4)11-18-15(12-23-5)6-7-17(18)14(3)20(22)10-19(16)21/h13-14,17,20,22H,6-12H2,1-5H3/t14?,17-,20?,21?/m0/s1. The largest absolute Gasteiger partial charge is 0.392 e. The van der Waals surface area contributed by atoms with E-state index in [2.05, 4.69) is 27.7 Å². The summed E-state index contributed by atoms with van der Waals surface area (Å²) < 4.78 is 5.48. The molecule has 0 radical (unpaired) electrons. The zero-order valence-electron chi connectivity index (χ0n) is 15.6. The monoisotopic (exact) mass is 318 g/mol. The molecule has 0 saturated heterocycles. The Kier molecular flexibility index (Phi) is 4.77. The molecule has 1 saturated carbocycles. The molecular weight excluding hydrogens is 284 g/mol. The summed E-state index contributed by atoms with van der Waals surface area (Å²) in [7, 11) is 1.81. The fourth-order valence-electron chi connectivity index (χ4n) is 5.50. The van der Waals surface area contributed by atoms with Crippen molar-refractivity contribution in [3.8, 4) is 0 Å². The second-order valence-corrected chi connectivity index (χ2v) is 8.73. The lowest BCUT2D eigenvalue weighted by atomic mass is 9.67. The van der Waals surface area contributed by atoms with E-state index >= 15 is 0 Å². The van der Waals surface area contributed by atoms with E-state index in [0.717, 1.165) is 19.4 Å². The van der Waals surface area contributed by atoms with Gasteiger partial charge in [0.15, 0.2) is 0 Å². The van der Waals surface area contributed by atoms with E-state index in [1.54, 1.807) is 16.7 Å². The van der Waals surface area contributed by atoms with Gasteiger partial charge in [-0.05, 0) is 67.3 Å². The van der Waals surface area contributed by atoms with Crippen LogP contribution in [-0.2, 0) is 4.74 Å². The Morgan fingerprint density at radius 2 is 2.04 bits per heavy atom. The minimum absolute atomic E-state index is 0.196. The van der Waals surface area contributed by atoms with Gasteiger partial charge in [0.1, 0.15) is 0 Å². The van der Waals surface area contributed by atoms with E-state index in [4.69, 9.17) is 4.74 Å². The molecule has 0 aliphatic heterocycles. The maximum Gasteiger partial charge on any atom is 0.0675 e. The lowest BCUT2D eigenvalue weighted by Crippen LogP contribution is -2.33. The van der Waals surface area contributed by atoms with Gasteiger partial charge in [0.05, 0.1) is 12.7 Å². The number of hydrogen-bond acceptors (Lipinski definition) is 2. The third-order valence-corrected chi connectivity index (χ3v) is 6.97. The highest BCUT2D eigenvalue weighted by molar-refractivity contribution is 5.36. The van der Waals surface area contributed by atoms with Gasteiger partial charge >= 0.3 is 0 Å². The molecule has 0 aromatic heterocycles. The van der Waals surface area contributed by atoms with Gasteiger partial charge in [-0.3, -0.25) is 0 Å². The molecule has 130 valence electrons. The van der Waals surface area contributed by atoms with Crippen molar-refractivity contribution in [2.75, 3.05) is 13.7 Å². The number of allylic oxidation sites excluding steroid dienone is 2. The van der Waals surface area contributed by atoms with E-state index in [1.165, 1.54) is 31.3 Å². The SMILES string of the molecule is COCC1=C2CC3(C)CCC(C(C)C)=C3CC(O)C(C)[C@@H]2CC1. The zero-order valence-corrected chi connectivity index (χ0v) is 15.6. The summed E-state index contributed by atoms with van der Waals surface area (Å²) in [5.41, 5.74) is 6.63. The van der Waals surface area contributed by atoms with E-state index in [-0.39, 0.29) is 11.5 Å². The Morgan fingerprint density at radius 3 is 2.70 bits per heavy atom. The Bertz CT molecular complexity index is 528. The van der Waals surface area contributed by atoms with E-state index in [9.17, 15) is 5.11 Å². The molecule has 23 heavy (non-hydrogen) atoms. The second-order valence-electron chi connectivity index (χ2n) is 8.73. The lowest BCUT2D eigenvalue weighted by Gasteiger charge is -2.39. The van der Waals surface area contributed by atoms with Crippen LogP contribution in [0.25, 0.3) is 0 Å². The van der Waals surface area contributed by atoms with Gasteiger partial charge in [0.25, 0.3) is 0 Å². The Hall–Kier alpha value is -0.600. The first-order valence-electron chi connectivity index (χ1n) is 9.47. The average Bonchev–Trinajstić information content (AvgIpc) is 3.01. The smallest absolute Gasteiger partial charge is 0.0675 e.